The minimum Gasteiger partial charge on any atom is -0.497 e. The summed E-state index contributed by atoms with van der Waals surface area (Å²) in [6.45, 7) is -0.634. The molecular weight excluding hydrogens is 408 g/mol. The van der Waals surface area contributed by atoms with Gasteiger partial charge in [0.15, 0.2) is 6.61 Å². The van der Waals surface area contributed by atoms with Gasteiger partial charge in [0.05, 0.1) is 39.0 Å². The van der Waals surface area contributed by atoms with Gasteiger partial charge in [-0.25, -0.2) is 9.59 Å². The van der Waals surface area contributed by atoms with E-state index in [4.69, 9.17) is 9.47 Å². The Morgan fingerprint density at radius 1 is 0.774 bits per heavy atom. The number of hydrogen-bond acceptors (Lipinski definition) is 8. The molecule has 2 rings (SSSR count). The summed E-state index contributed by atoms with van der Waals surface area (Å²) in [5.41, 5.74) is 0.271. The van der Waals surface area contributed by atoms with Gasteiger partial charge >= 0.3 is 11.9 Å². The average molecular weight is 430 g/mol. The SMILES string of the molecule is COC(=O)c1cc(NC(=O)CNC(=O)COc2ccc(OC)cc2)cc(C(=O)OC)c1. The van der Waals surface area contributed by atoms with E-state index in [9.17, 15) is 19.2 Å². The zero-order valence-corrected chi connectivity index (χ0v) is 17.2. The maximum Gasteiger partial charge on any atom is 0.337 e. The fourth-order valence-corrected chi connectivity index (χ4v) is 2.43. The lowest BCUT2D eigenvalue weighted by Gasteiger charge is -2.11. The first-order chi connectivity index (χ1) is 14.9. The van der Waals surface area contributed by atoms with Gasteiger partial charge in [0.2, 0.25) is 5.91 Å². The summed E-state index contributed by atoms with van der Waals surface area (Å²) >= 11 is 0. The number of esters is 2. The van der Waals surface area contributed by atoms with E-state index in [1.165, 1.54) is 39.5 Å². The molecule has 164 valence electrons. The van der Waals surface area contributed by atoms with E-state index in [1.54, 1.807) is 24.3 Å². The number of carbonyl (C=O) groups excluding carboxylic acids is 4. The smallest absolute Gasteiger partial charge is 0.337 e. The molecule has 0 saturated heterocycles. The number of amides is 2. The Labute approximate surface area is 178 Å². The highest BCUT2D eigenvalue weighted by atomic mass is 16.5. The van der Waals surface area contributed by atoms with E-state index in [-0.39, 0.29) is 30.0 Å². The van der Waals surface area contributed by atoms with Crippen LogP contribution >= 0.6 is 0 Å². The monoisotopic (exact) mass is 430 g/mol. The van der Waals surface area contributed by atoms with Crippen LogP contribution in [0.1, 0.15) is 20.7 Å². The fourth-order valence-electron chi connectivity index (χ4n) is 2.43. The van der Waals surface area contributed by atoms with Crippen LogP contribution in [0, 0.1) is 0 Å². The summed E-state index contributed by atoms with van der Waals surface area (Å²) in [6.07, 6.45) is 0. The molecule has 0 aromatic heterocycles. The minimum absolute atomic E-state index is 0.0534. The molecule has 10 nitrogen and oxygen atoms in total. The van der Waals surface area contributed by atoms with Crippen molar-refractivity contribution in [1.29, 1.82) is 0 Å². The van der Waals surface area contributed by atoms with Crippen molar-refractivity contribution < 1.29 is 38.1 Å². The molecule has 0 aliphatic heterocycles. The Kier molecular flexibility index (Phi) is 8.38. The van der Waals surface area contributed by atoms with Crippen molar-refractivity contribution in [2.75, 3.05) is 39.8 Å². The van der Waals surface area contributed by atoms with Crippen LogP contribution < -0.4 is 20.1 Å². The van der Waals surface area contributed by atoms with Crippen LogP contribution in [0.25, 0.3) is 0 Å². The number of methoxy groups -OCH3 is 3. The van der Waals surface area contributed by atoms with Crippen molar-refractivity contribution in [3.8, 4) is 11.5 Å². The normalized spacial score (nSPS) is 9.90. The molecule has 0 aliphatic carbocycles. The van der Waals surface area contributed by atoms with Crippen LogP contribution in [-0.2, 0) is 19.1 Å². The van der Waals surface area contributed by atoms with Gasteiger partial charge in [-0.1, -0.05) is 0 Å². The molecule has 2 amide bonds. The average Bonchev–Trinajstić information content (AvgIpc) is 2.80. The molecule has 2 aromatic rings. The standard InChI is InChI=1S/C21H22N2O8/c1-28-16-4-6-17(7-5-16)31-12-19(25)22-11-18(24)23-15-9-13(20(26)29-2)8-14(10-15)21(27)30-3/h4-10H,11-12H2,1-3H3,(H,22,25)(H,23,24). The number of anilines is 1. The zero-order chi connectivity index (χ0) is 22.8. The molecule has 0 saturated carbocycles. The maximum absolute atomic E-state index is 12.2. The van der Waals surface area contributed by atoms with Gasteiger partial charge in [0.1, 0.15) is 11.5 Å². The number of hydrogen-bond donors (Lipinski definition) is 2. The van der Waals surface area contributed by atoms with Crippen molar-refractivity contribution in [2.24, 2.45) is 0 Å². The first-order valence-corrected chi connectivity index (χ1v) is 9.01. The number of rotatable bonds is 9. The summed E-state index contributed by atoms with van der Waals surface area (Å²) in [6, 6.07) is 10.6. The first kappa shape index (κ1) is 23.2. The Morgan fingerprint density at radius 2 is 1.32 bits per heavy atom. The highest BCUT2D eigenvalue weighted by Gasteiger charge is 2.15. The molecule has 0 aliphatic rings. The Bertz CT molecular complexity index is 922. The molecule has 10 heteroatoms. The van der Waals surface area contributed by atoms with Crippen molar-refractivity contribution in [1.82, 2.24) is 5.32 Å². The van der Waals surface area contributed by atoms with E-state index < -0.39 is 23.8 Å². The molecule has 0 radical (unpaired) electrons. The van der Waals surface area contributed by atoms with Crippen molar-refractivity contribution in [3.63, 3.8) is 0 Å². The predicted octanol–water partition coefficient (Wildman–Crippen LogP) is 1.40. The lowest BCUT2D eigenvalue weighted by molar-refractivity contribution is -0.125. The highest BCUT2D eigenvalue weighted by molar-refractivity contribution is 6.00. The lowest BCUT2D eigenvalue weighted by Crippen LogP contribution is -2.35. The molecular formula is C21H22N2O8. The molecule has 0 spiro atoms. The van der Waals surface area contributed by atoms with Gasteiger partial charge in [-0.3, -0.25) is 9.59 Å². The van der Waals surface area contributed by atoms with E-state index >= 15 is 0 Å². The van der Waals surface area contributed by atoms with Crippen LogP contribution in [-0.4, -0.2) is 58.2 Å². The van der Waals surface area contributed by atoms with Crippen LogP contribution in [0.2, 0.25) is 0 Å². The Hall–Kier alpha value is -4.08. The van der Waals surface area contributed by atoms with E-state index in [0.717, 1.165) is 0 Å². The maximum atomic E-state index is 12.2. The summed E-state index contributed by atoms with van der Waals surface area (Å²) in [7, 11) is 3.92. The van der Waals surface area contributed by atoms with E-state index in [0.29, 0.717) is 11.5 Å². The third-order valence-corrected chi connectivity index (χ3v) is 3.93. The molecule has 0 fully saturated rings. The second-order valence-electron chi connectivity index (χ2n) is 6.07. The van der Waals surface area contributed by atoms with Crippen molar-refractivity contribution >= 4 is 29.4 Å². The van der Waals surface area contributed by atoms with Crippen LogP contribution in [0.4, 0.5) is 5.69 Å². The molecule has 0 heterocycles. The van der Waals surface area contributed by atoms with E-state index in [1.807, 2.05) is 0 Å². The predicted molar refractivity (Wildman–Crippen MR) is 109 cm³/mol. The third-order valence-electron chi connectivity index (χ3n) is 3.93. The number of ether oxygens (including phenoxy) is 4. The van der Waals surface area contributed by atoms with Gasteiger partial charge in [-0.2, -0.15) is 0 Å². The molecule has 0 bridgehead atoms. The fraction of sp³-hybridized carbons (Fsp3) is 0.238. The second-order valence-corrected chi connectivity index (χ2v) is 6.07. The largest absolute Gasteiger partial charge is 0.497 e. The molecule has 0 atom stereocenters. The zero-order valence-electron chi connectivity index (χ0n) is 17.2. The first-order valence-electron chi connectivity index (χ1n) is 9.01. The molecule has 0 unspecified atom stereocenters. The number of carbonyl (C=O) groups is 4. The summed E-state index contributed by atoms with van der Waals surface area (Å²) < 4.78 is 19.6. The third kappa shape index (κ3) is 7.03. The summed E-state index contributed by atoms with van der Waals surface area (Å²) in [5.74, 6) is -1.34. The molecule has 2 N–H and O–H groups in total. The second kappa shape index (κ2) is 11.2. The van der Waals surface area contributed by atoms with Gasteiger partial charge in [-0.05, 0) is 42.5 Å². The van der Waals surface area contributed by atoms with Crippen molar-refractivity contribution in [3.05, 3.63) is 53.6 Å². The molecule has 31 heavy (non-hydrogen) atoms. The lowest BCUT2D eigenvalue weighted by atomic mass is 10.1. The minimum atomic E-state index is -0.690. The number of nitrogens with one attached hydrogen (secondary N) is 2. The number of benzene rings is 2. The van der Waals surface area contributed by atoms with Gasteiger partial charge < -0.3 is 29.6 Å². The van der Waals surface area contributed by atoms with Crippen LogP contribution in [0.5, 0.6) is 11.5 Å². The van der Waals surface area contributed by atoms with E-state index in [2.05, 4.69) is 20.1 Å². The van der Waals surface area contributed by atoms with Gasteiger partial charge in [0, 0.05) is 5.69 Å². The van der Waals surface area contributed by atoms with Gasteiger partial charge in [0.25, 0.3) is 5.91 Å². The van der Waals surface area contributed by atoms with Crippen LogP contribution in [0.15, 0.2) is 42.5 Å². The summed E-state index contributed by atoms with van der Waals surface area (Å²) in [4.78, 5) is 47.6. The van der Waals surface area contributed by atoms with Gasteiger partial charge in [-0.15, -0.1) is 0 Å². The Morgan fingerprint density at radius 3 is 1.84 bits per heavy atom. The molecule has 2 aromatic carbocycles. The van der Waals surface area contributed by atoms with Crippen LogP contribution in [0.3, 0.4) is 0 Å². The quantitative estimate of drug-likeness (QED) is 0.571. The summed E-state index contributed by atoms with van der Waals surface area (Å²) in [5, 5.41) is 4.91. The Balaban J connectivity index is 1.91. The highest BCUT2D eigenvalue weighted by Crippen LogP contribution is 2.18. The topological polar surface area (TPSA) is 129 Å². The van der Waals surface area contributed by atoms with Crippen molar-refractivity contribution in [2.45, 2.75) is 0 Å².